The Morgan fingerprint density at radius 1 is 1.30 bits per heavy atom. The van der Waals surface area contributed by atoms with E-state index in [1.165, 1.54) is 19.3 Å². The highest BCUT2D eigenvalue weighted by Crippen LogP contribution is 2.23. The van der Waals surface area contributed by atoms with Gasteiger partial charge in [0.15, 0.2) is 0 Å². The second-order valence-electron chi connectivity index (χ2n) is 3.01. The summed E-state index contributed by atoms with van der Waals surface area (Å²) in [5.74, 6) is 0.568. The Kier molecular flexibility index (Phi) is 2.87. The van der Waals surface area contributed by atoms with E-state index in [9.17, 15) is 4.79 Å². The van der Waals surface area contributed by atoms with Gasteiger partial charge in [-0.1, -0.05) is 19.3 Å². The van der Waals surface area contributed by atoms with Crippen molar-refractivity contribution in [1.82, 2.24) is 0 Å². The Morgan fingerprint density at radius 3 is 2.40 bits per heavy atom. The molecule has 0 unspecified atom stereocenters. The number of hydrogen-bond acceptors (Lipinski definition) is 2. The normalized spacial score (nSPS) is 20.9. The van der Waals surface area contributed by atoms with Gasteiger partial charge < -0.3 is 5.73 Å². The van der Waals surface area contributed by atoms with Crippen LogP contribution in [0, 0.1) is 5.92 Å². The van der Waals surface area contributed by atoms with Gasteiger partial charge in [0.1, 0.15) is 5.78 Å². The van der Waals surface area contributed by atoms with Crippen molar-refractivity contribution in [3.05, 3.63) is 0 Å². The molecule has 0 atom stereocenters. The second-order valence-corrected chi connectivity index (χ2v) is 3.01. The molecule has 0 aromatic heterocycles. The zero-order valence-electron chi connectivity index (χ0n) is 6.31. The first-order valence-electron chi connectivity index (χ1n) is 4.07. The minimum atomic E-state index is 0.241. The van der Waals surface area contributed by atoms with E-state index in [-0.39, 0.29) is 12.3 Å². The maximum absolute atomic E-state index is 11.0. The third kappa shape index (κ3) is 1.81. The first kappa shape index (κ1) is 7.73. The Labute approximate surface area is 61.8 Å². The summed E-state index contributed by atoms with van der Waals surface area (Å²) in [4.78, 5) is 11.0. The summed E-state index contributed by atoms with van der Waals surface area (Å²) in [5, 5.41) is 0. The summed E-state index contributed by atoms with van der Waals surface area (Å²) in [7, 11) is 0. The first-order chi connectivity index (χ1) is 4.84. The van der Waals surface area contributed by atoms with E-state index >= 15 is 0 Å². The second kappa shape index (κ2) is 3.71. The molecular formula is C8H15NO. The monoisotopic (exact) mass is 141 g/mol. The first-order valence-corrected chi connectivity index (χ1v) is 4.07. The number of nitrogens with two attached hydrogens (primary N) is 1. The minimum Gasteiger partial charge on any atom is -0.324 e. The highest BCUT2D eigenvalue weighted by molar-refractivity contribution is 5.82. The molecule has 0 bridgehead atoms. The van der Waals surface area contributed by atoms with E-state index < -0.39 is 0 Å². The molecule has 1 rings (SSSR count). The predicted molar refractivity (Wildman–Crippen MR) is 40.6 cm³/mol. The van der Waals surface area contributed by atoms with Gasteiger partial charge in [-0.25, -0.2) is 0 Å². The molecule has 0 aromatic rings. The number of carbonyl (C=O) groups excluding carboxylic acids is 1. The predicted octanol–water partition coefficient (Wildman–Crippen LogP) is 1.09. The molecule has 0 aliphatic heterocycles. The number of carbonyl (C=O) groups is 1. The van der Waals surface area contributed by atoms with Gasteiger partial charge in [-0.05, 0) is 12.8 Å². The van der Waals surface area contributed by atoms with E-state index in [1.54, 1.807) is 0 Å². The highest BCUT2D eigenvalue weighted by atomic mass is 16.1. The molecule has 10 heavy (non-hydrogen) atoms. The molecule has 2 heteroatoms. The summed E-state index contributed by atoms with van der Waals surface area (Å²) in [6.45, 7) is 0.241. The minimum absolute atomic E-state index is 0.241. The van der Waals surface area contributed by atoms with Gasteiger partial charge >= 0.3 is 0 Å². The van der Waals surface area contributed by atoms with Crippen molar-refractivity contribution < 1.29 is 4.79 Å². The third-order valence-electron chi connectivity index (χ3n) is 2.26. The summed E-state index contributed by atoms with van der Waals surface area (Å²) < 4.78 is 0. The lowest BCUT2D eigenvalue weighted by atomic mass is 9.86. The van der Waals surface area contributed by atoms with Crippen LogP contribution < -0.4 is 5.73 Å². The molecule has 0 amide bonds. The summed E-state index contributed by atoms with van der Waals surface area (Å²) in [6.07, 6.45) is 5.90. The summed E-state index contributed by atoms with van der Waals surface area (Å²) in [5.41, 5.74) is 5.25. The molecular weight excluding hydrogens is 126 g/mol. The summed E-state index contributed by atoms with van der Waals surface area (Å²) in [6, 6.07) is 0. The topological polar surface area (TPSA) is 43.1 Å². The lowest BCUT2D eigenvalue weighted by Gasteiger charge is -2.19. The zero-order valence-corrected chi connectivity index (χ0v) is 6.31. The van der Waals surface area contributed by atoms with E-state index in [0.717, 1.165) is 12.8 Å². The smallest absolute Gasteiger partial charge is 0.149 e. The Hall–Kier alpha value is -0.370. The van der Waals surface area contributed by atoms with Crippen LogP contribution in [0.4, 0.5) is 0 Å². The fraction of sp³-hybridized carbons (Fsp3) is 0.875. The van der Waals surface area contributed by atoms with Crippen molar-refractivity contribution in [2.45, 2.75) is 32.1 Å². The third-order valence-corrected chi connectivity index (χ3v) is 2.26. The van der Waals surface area contributed by atoms with Crippen LogP contribution in [0.3, 0.4) is 0 Å². The highest BCUT2D eigenvalue weighted by Gasteiger charge is 2.18. The molecule has 1 aliphatic carbocycles. The largest absolute Gasteiger partial charge is 0.324 e. The number of Topliss-reactive ketones (excluding diaryl/α,β-unsaturated/α-hetero) is 1. The van der Waals surface area contributed by atoms with Crippen molar-refractivity contribution in [3.8, 4) is 0 Å². The Balaban J connectivity index is 2.31. The maximum Gasteiger partial charge on any atom is 0.149 e. The molecule has 0 radical (unpaired) electrons. The maximum atomic E-state index is 11.0. The standard InChI is InChI=1S/C8H15NO/c9-6-8(10)7-4-2-1-3-5-7/h7H,1-6,9H2. The van der Waals surface area contributed by atoms with E-state index in [1.807, 2.05) is 0 Å². The van der Waals surface area contributed by atoms with Crippen LogP contribution in [0.5, 0.6) is 0 Å². The lowest BCUT2D eigenvalue weighted by molar-refractivity contribution is -0.122. The van der Waals surface area contributed by atoms with E-state index in [2.05, 4.69) is 0 Å². The molecule has 0 heterocycles. The number of hydrogen-bond donors (Lipinski definition) is 1. The molecule has 0 saturated heterocycles. The van der Waals surface area contributed by atoms with Gasteiger partial charge in [0.05, 0.1) is 6.54 Å². The van der Waals surface area contributed by atoms with Crippen LogP contribution >= 0.6 is 0 Å². The SMILES string of the molecule is NCC(=O)C1CCCCC1. The van der Waals surface area contributed by atoms with Gasteiger partial charge in [0, 0.05) is 5.92 Å². The Bertz CT molecular complexity index is 116. The van der Waals surface area contributed by atoms with Crippen LogP contribution in [-0.4, -0.2) is 12.3 Å². The van der Waals surface area contributed by atoms with Gasteiger partial charge in [-0.15, -0.1) is 0 Å². The fourth-order valence-electron chi connectivity index (χ4n) is 1.59. The van der Waals surface area contributed by atoms with Crippen molar-refractivity contribution in [2.24, 2.45) is 11.7 Å². The van der Waals surface area contributed by atoms with E-state index in [0.29, 0.717) is 5.92 Å². The van der Waals surface area contributed by atoms with Crippen molar-refractivity contribution in [3.63, 3.8) is 0 Å². The molecule has 2 nitrogen and oxygen atoms in total. The molecule has 0 spiro atoms. The van der Waals surface area contributed by atoms with Crippen LogP contribution in [-0.2, 0) is 4.79 Å². The molecule has 2 N–H and O–H groups in total. The molecule has 58 valence electrons. The van der Waals surface area contributed by atoms with Crippen LogP contribution in [0.15, 0.2) is 0 Å². The molecule has 1 aliphatic rings. The average Bonchev–Trinajstić information content (AvgIpc) is 2.05. The van der Waals surface area contributed by atoms with Crippen molar-refractivity contribution in [2.75, 3.05) is 6.54 Å². The van der Waals surface area contributed by atoms with Crippen LogP contribution in [0.1, 0.15) is 32.1 Å². The molecule has 1 fully saturated rings. The number of ketones is 1. The van der Waals surface area contributed by atoms with Gasteiger partial charge in [-0.2, -0.15) is 0 Å². The van der Waals surface area contributed by atoms with Crippen molar-refractivity contribution >= 4 is 5.78 Å². The van der Waals surface area contributed by atoms with Crippen LogP contribution in [0.25, 0.3) is 0 Å². The molecule has 0 aromatic carbocycles. The van der Waals surface area contributed by atoms with Gasteiger partial charge in [0.2, 0.25) is 0 Å². The average molecular weight is 141 g/mol. The Morgan fingerprint density at radius 2 is 1.90 bits per heavy atom. The van der Waals surface area contributed by atoms with Gasteiger partial charge in [0.25, 0.3) is 0 Å². The van der Waals surface area contributed by atoms with Crippen LogP contribution in [0.2, 0.25) is 0 Å². The number of rotatable bonds is 2. The lowest BCUT2D eigenvalue weighted by Crippen LogP contribution is -2.24. The van der Waals surface area contributed by atoms with Gasteiger partial charge in [-0.3, -0.25) is 4.79 Å². The summed E-state index contributed by atoms with van der Waals surface area (Å²) >= 11 is 0. The zero-order chi connectivity index (χ0) is 7.40. The quantitative estimate of drug-likeness (QED) is 0.625. The molecule has 1 saturated carbocycles. The van der Waals surface area contributed by atoms with Crippen molar-refractivity contribution in [1.29, 1.82) is 0 Å². The fourth-order valence-corrected chi connectivity index (χ4v) is 1.59. The van der Waals surface area contributed by atoms with E-state index in [4.69, 9.17) is 5.73 Å².